The predicted molar refractivity (Wildman–Crippen MR) is 54.5 cm³/mol. The molecule has 0 bridgehead atoms. The fraction of sp³-hybridized carbons (Fsp3) is 0.200. The highest BCUT2D eigenvalue weighted by atomic mass is 35.5. The first-order valence-electron chi connectivity index (χ1n) is 4.22. The molecule has 0 fully saturated rings. The first-order chi connectivity index (χ1) is 6.25. The molecule has 0 aromatic heterocycles. The molecule has 2 nitrogen and oxygen atoms in total. The Balaban J connectivity index is 2.22. The number of hydrogen-bond acceptors (Lipinski definition) is 2. The van der Waals surface area contributed by atoms with E-state index < -0.39 is 0 Å². The lowest BCUT2D eigenvalue weighted by Crippen LogP contribution is -2.15. The summed E-state index contributed by atoms with van der Waals surface area (Å²) in [6.07, 6.45) is 2.03. The molecule has 1 heterocycles. The van der Waals surface area contributed by atoms with Crippen molar-refractivity contribution in [2.24, 2.45) is 5.73 Å². The summed E-state index contributed by atoms with van der Waals surface area (Å²) in [7, 11) is 0. The van der Waals surface area contributed by atoms with E-state index in [-0.39, 0.29) is 0 Å². The van der Waals surface area contributed by atoms with Gasteiger partial charge < -0.3 is 11.1 Å². The number of benzene rings is 1. The smallest absolute Gasteiger partial charge is 0.0926 e. The van der Waals surface area contributed by atoms with Gasteiger partial charge in [-0.2, -0.15) is 0 Å². The number of hydrogen-bond donors (Lipinski definition) is 2. The zero-order valence-electron chi connectivity index (χ0n) is 7.13. The zero-order chi connectivity index (χ0) is 9.26. The van der Waals surface area contributed by atoms with Gasteiger partial charge in [-0.25, -0.2) is 0 Å². The Bertz CT molecular complexity index is 329. The van der Waals surface area contributed by atoms with E-state index in [4.69, 9.17) is 17.3 Å². The van der Waals surface area contributed by atoms with Crippen LogP contribution in [0.2, 0.25) is 5.02 Å². The van der Waals surface area contributed by atoms with Gasteiger partial charge in [-0.3, -0.25) is 0 Å². The molecule has 0 amide bonds. The van der Waals surface area contributed by atoms with E-state index in [9.17, 15) is 0 Å². The molecule has 0 saturated heterocycles. The third kappa shape index (κ3) is 1.78. The van der Waals surface area contributed by atoms with Crippen LogP contribution in [0.4, 0.5) is 0 Å². The molecule has 1 aromatic carbocycles. The third-order valence-electron chi connectivity index (χ3n) is 2.20. The summed E-state index contributed by atoms with van der Waals surface area (Å²) in [5.41, 5.74) is 6.86. The summed E-state index contributed by atoms with van der Waals surface area (Å²) in [4.78, 5) is 0. The van der Waals surface area contributed by atoms with Crippen LogP contribution in [0, 0.1) is 0 Å². The standard InChI is InChI=1S/C10H11ClN2/c11-9-3-1-7(2-4-9)8-5-10(12)13-6-8/h1-5,8,13H,6,12H2/t8-/m1/s1. The van der Waals surface area contributed by atoms with Crippen LogP contribution in [0.3, 0.4) is 0 Å². The molecule has 0 saturated carbocycles. The maximum atomic E-state index is 5.79. The van der Waals surface area contributed by atoms with E-state index in [2.05, 4.69) is 5.32 Å². The normalized spacial score (nSPS) is 21.0. The Morgan fingerprint density at radius 2 is 2.00 bits per heavy atom. The lowest BCUT2D eigenvalue weighted by molar-refractivity contribution is 0.791. The van der Waals surface area contributed by atoms with E-state index in [1.807, 2.05) is 30.3 Å². The Kier molecular flexibility index (Phi) is 2.15. The molecule has 0 unspecified atom stereocenters. The molecule has 3 N–H and O–H groups in total. The van der Waals surface area contributed by atoms with Crippen LogP contribution in [0.15, 0.2) is 36.2 Å². The van der Waals surface area contributed by atoms with Crippen LogP contribution in [0.25, 0.3) is 0 Å². The SMILES string of the molecule is NC1=C[C@@H](c2ccc(Cl)cc2)CN1. The summed E-state index contributed by atoms with van der Waals surface area (Å²) < 4.78 is 0. The van der Waals surface area contributed by atoms with Crippen LogP contribution in [-0.4, -0.2) is 6.54 Å². The predicted octanol–water partition coefficient (Wildman–Crippen LogP) is 1.83. The Morgan fingerprint density at radius 3 is 2.54 bits per heavy atom. The maximum absolute atomic E-state index is 5.79. The molecule has 68 valence electrons. The van der Waals surface area contributed by atoms with Crippen LogP contribution < -0.4 is 11.1 Å². The van der Waals surface area contributed by atoms with Gasteiger partial charge in [0.25, 0.3) is 0 Å². The minimum atomic E-state index is 0.386. The van der Waals surface area contributed by atoms with Gasteiger partial charge in [0.05, 0.1) is 5.82 Å². The van der Waals surface area contributed by atoms with Crippen LogP contribution in [-0.2, 0) is 0 Å². The number of rotatable bonds is 1. The van der Waals surface area contributed by atoms with Crippen molar-refractivity contribution in [3.8, 4) is 0 Å². The van der Waals surface area contributed by atoms with Crippen molar-refractivity contribution in [1.29, 1.82) is 0 Å². The van der Waals surface area contributed by atoms with E-state index in [1.165, 1.54) is 5.56 Å². The highest BCUT2D eigenvalue weighted by Gasteiger charge is 2.14. The fourth-order valence-electron chi connectivity index (χ4n) is 1.49. The van der Waals surface area contributed by atoms with Crippen LogP contribution in [0.1, 0.15) is 11.5 Å². The van der Waals surface area contributed by atoms with Crippen molar-refractivity contribution in [2.75, 3.05) is 6.54 Å². The molecular formula is C10H11ClN2. The van der Waals surface area contributed by atoms with Crippen molar-refractivity contribution in [3.05, 3.63) is 46.7 Å². The molecule has 2 rings (SSSR count). The van der Waals surface area contributed by atoms with Crippen LogP contribution in [0.5, 0.6) is 0 Å². The third-order valence-corrected chi connectivity index (χ3v) is 2.46. The molecule has 1 aromatic rings. The minimum Gasteiger partial charge on any atom is -0.386 e. The fourth-order valence-corrected chi connectivity index (χ4v) is 1.61. The zero-order valence-corrected chi connectivity index (χ0v) is 7.88. The molecule has 0 spiro atoms. The van der Waals surface area contributed by atoms with E-state index in [0.717, 1.165) is 17.4 Å². The van der Waals surface area contributed by atoms with Crippen molar-refractivity contribution in [2.45, 2.75) is 5.92 Å². The first-order valence-corrected chi connectivity index (χ1v) is 4.60. The first kappa shape index (κ1) is 8.45. The van der Waals surface area contributed by atoms with Crippen molar-refractivity contribution >= 4 is 11.6 Å². The average Bonchev–Trinajstić information content (AvgIpc) is 2.53. The second kappa shape index (κ2) is 3.30. The Morgan fingerprint density at radius 1 is 1.31 bits per heavy atom. The largest absolute Gasteiger partial charge is 0.386 e. The number of nitrogens with two attached hydrogens (primary N) is 1. The van der Waals surface area contributed by atoms with Gasteiger partial charge in [0.15, 0.2) is 0 Å². The van der Waals surface area contributed by atoms with Gasteiger partial charge in [-0.05, 0) is 23.8 Å². The Hall–Kier alpha value is -1.15. The van der Waals surface area contributed by atoms with Gasteiger partial charge in [0.2, 0.25) is 0 Å². The minimum absolute atomic E-state index is 0.386. The van der Waals surface area contributed by atoms with E-state index in [0.29, 0.717) is 5.92 Å². The average molecular weight is 195 g/mol. The number of halogens is 1. The lowest BCUT2D eigenvalue weighted by Gasteiger charge is -2.06. The molecule has 0 aliphatic carbocycles. The quantitative estimate of drug-likeness (QED) is 0.716. The summed E-state index contributed by atoms with van der Waals surface area (Å²) in [6.45, 7) is 0.882. The van der Waals surface area contributed by atoms with Crippen molar-refractivity contribution < 1.29 is 0 Å². The highest BCUT2D eigenvalue weighted by molar-refractivity contribution is 6.30. The summed E-state index contributed by atoms with van der Waals surface area (Å²) >= 11 is 5.79. The molecule has 1 atom stereocenters. The molecular weight excluding hydrogens is 184 g/mol. The molecule has 1 aliphatic rings. The monoisotopic (exact) mass is 194 g/mol. The van der Waals surface area contributed by atoms with Gasteiger partial charge in [0, 0.05) is 17.5 Å². The van der Waals surface area contributed by atoms with Gasteiger partial charge in [-0.1, -0.05) is 23.7 Å². The van der Waals surface area contributed by atoms with Gasteiger partial charge >= 0.3 is 0 Å². The molecule has 13 heavy (non-hydrogen) atoms. The van der Waals surface area contributed by atoms with Crippen molar-refractivity contribution in [1.82, 2.24) is 5.32 Å². The summed E-state index contributed by atoms with van der Waals surface area (Å²) in [6, 6.07) is 7.87. The summed E-state index contributed by atoms with van der Waals surface area (Å²) in [5.74, 6) is 1.15. The van der Waals surface area contributed by atoms with Gasteiger partial charge in [-0.15, -0.1) is 0 Å². The topological polar surface area (TPSA) is 38.0 Å². The van der Waals surface area contributed by atoms with E-state index in [1.54, 1.807) is 0 Å². The second-order valence-electron chi connectivity index (χ2n) is 3.16. The summed E-state index contributed by atoms with van der Waals surface area (Å²) in [5, 5.41) is 3.86. The Labute approximate surface area is 82.4 Å². The molecule has 3 heteroatoms. The van der Waals surface area contributed by atoms with Crippen LogP contribution >= 0.6 is 11.6 Å². The number of nitrogens with one attached hydrogen (secondary N) is 1. The second-order valence-corrected chi connectivity index (χ2v) is 3.60. The lowest BCUT2D eigenvalue weighted by atomic mass is 10.0. The molecule has 1 aliphatic heterocycles. The van der Waals surface area contributed by atoms with E-state index >= 15 is 0 Å². The molecule has 0 radical (unpaired) electrons. The van der Waals surface area contributed by atoms with Gasteiger partial charge in [0.1, 0.15) is 0 Å². The maximum Gasteiger partial charge on any atom is 0.0926 e. The van der Waals surface area contributed by atoms with Crippen molar-refractivity contribution in [3.63, 3.8) is 0 Å². The highest BCUT2D eigenvalue weighted by Crippen LogP contribution is 2.22.